The Morgan fingerprint density at radius 1 is 0.490 bits per heavy atom. The van der Waals surface area contributed by atoms with Crippen molar-refractivity contribution in [2.45, 2.75) is 251 Å². The van der Waals surface area contributed by atoms with Crippen LogP contribution < -0.4 is 0 Å². The zero-order valence-corrected chi connectivity index (χ0v) is 35.3. The van der Waals surface area contributed by atoms with E-state index >= 15 is 0 Å². The number of esters is 1. The predicted molar refractivity (Wildman–Crippen MR) is 219 cm³/mol. The van der Waals surface area contributed by atoms with Crippen LogP contribution in [0.5, 0.6) is 0 Å². The SMILES string of the molecule is CCCCCCCCCCN(C(=O)CCCN(C)C)C(CCCCCCCCC)CCCCCCC(F)C(=O)OC(CCCCC)CCCCC. The van der Waals surface area contributed by atoms with E-state index in [2.05, 4.69) is 51.6 Å². The van der Waals surface area contributed by atoms with Gasteiger partial charge in [0.1, 0.15) is 6.10 Å². The summed E-state index contributed by atoms with van der Waals surface area (Å²) < 4.78 is 20.6. The van der Waals surface area contributed by atoms with E-state index in [1.807, 2.05) is 0 Å². The topological polar surface area (TPSA) is 49.9 Å². The van der Waals surface area contributed by atoms with E-state index in [1.165, 1.54) is 89.9 Å². The van der Waals surface area contributed by atoms with Gasteiger partial charge in [-0.1, -0.05) is 163 Å². The summed E-state index contributed by atoms with van der Waals surface area (Å²) in [5, 5.41) is 0. The minimum atomic E-state index is -1.52. The molecule has 0 N–H and O–H groups in total. The van der Waals surface area contributed by atoms with Crippen molar-refractivity contribution in [3.05, 3.63) is 0 Å². The molecule has 0 aromatic rings. The van der Waals surface area contributed by atoms with Crippen molar-refractivity contribution in [1.29, 1.82) is 0 Å². The Kier molecular flexibility index (Phi) is 36.3. The molecule has 2 unspecified atom stereocenters. The minimum Gasteiger partial charge on any atom is -0.460 e. The molecule has 0 radical (unpaired) electrons. The van der Waals surface area contributed by atoms with Crippen molar-refractivity contribution in [2.24, 2.45) is 0 Å². The second-order valence-electron chi connectivity index (χ2n) is 16.0. The van der Waals surface area contributed by atoms with Crippen molar-refractivity contribution >= 4 is 11.9 Å². The molecular formula is C45H89FN2O3. The van der Waals surface area contributed by atoms with E-state index in [1.54, 1.807) is 0 Å². The molecule has 0 fully saturated rings. The fourth-order valence-electron chi connectivity index (χ4n) is 7.33. The molecule has 5 nitrogen and oxygen atoms in total. The van der Waals surface area contributed by atoms with Crippen LogP contribution in [0.2, 0.25) is 0 Å². The van der Waals surface area contributed by atoms with Crippen molar-refractivity contribution < 1.29 is 18.7 Å². The molecule has 0 spiro atoms. The number of hydrogen-bond acceptors (Lipinski definition) is 4. The van der Waals surface area contributed by atoms with E-state index in [9.17, 15) is 14.0 Å². The van der Waals surface area contributed by atoms with Crippen molar-refractivity contribution in [3.63, 3.8) is 0 Å². The Morgan fingerprint density at radius 2 is 0.882 bits per heavy atom. The lowest BCUT2D eigenvalue weighted by Gasteiger charge is -2.33. The third-order valence-electron chi connectivity index (χ3n) is 10.7. The Bertz CT molecular complexity index is 754. The zero-order chi connectivity index (χ0) is 37.8. The molecule has 0 aliphatic heterocycles. The first-order valence-corrected chi connectivity index (χ1v) is 22.6. The van der Waals surface area contributed by atoms with Gasteiger partial charge in [0.15, 0.2) is 6.17 Å². The van der Waals surface area contributed by atoms with E-state index < -0.39 is 12.1 Å². The number of alkyl halides is 1. The summed E-state index contributed by atoms with van der Waals surface area (Å²) in [6.07, 6.45) is 33.5. The average Bonchev–Trinajstić information content (AvgIpc) is 3.11. The number of ether oxygens (including phenoxy) is 1. The maximum absolute atomic E-state index is 14.9. The first-order valence-electron chi connectivity index (χ1n) is 22.6. The molecule has 0 heterocycles. The fraction of sp³-hybridized carbons (Fsp3) is 0.956. The van der Waals surface area contributed by atoms with Gasteiger partial charge in [-0.2, -0.15) is 0 Å². The van der Waals surface area contributed by atoms with Gasteiger partial charge in [-0.25, -0.2) is 9.18 Å². The summed E-state index contributed by atoms with van der Waals surface area (Å²) in [6, 6.07) is 0.304. The number of halogens is 1. The first-order chi connectivity index (χ1) is 24.8. The van der Waals surface area contributed by atoms with Gasteiger partial charge in [-0.15, -0.1) is 0 Å². The van der Waals surface area contributed by atoms with Crippen molar-refractivity contribution in [2.75, 3.05) is 27.2 Å². The van der Waals surface area contributed by atoms with Gasteiger partial charge in [0.05, 0.1) is 0 Å². The number of nitrogens with zero attached hydrogens (tertiary/aromatic N) is 2. The summed E-state index contributed by atoms with van der Waals surface area (Å²) in [6.45, 7) is 10.7. The summed E-state index contributed by atoms with van der Waals surface area (Å²) in [4.78, 5) is 30.8. The Labute approximate surface area is 318 Å². The minimum absolute atomic E-state index is 0.138. The van der Waals surface area contributed by atoms with Crippen molar-refractivity contribution in [1.82, 2.24) is 9.80 Å². The molecule has 0 aromatic carbocycles. The average molecular weight is 725 g/mol. The van der Waals surface area contributed by atoms with Crippen LogP contribution in [-0.2, 0) is 14.3 Å². The van der Waals surface area contributed by atoms with Gasteiger partial charge >= 0.3 is 5.97 Å². The van der Waals surface area contributed by atoms with Gasteiger partial charge in [-0.3, -0.25) is 4.79 Å². The van der Waals surface area contributed by atoms with Gasteiger partial charge in [-0.05, 0) is 84.8 Å². The molecular weight excluding hydrogens is 636 g/mol. The maximum atomic E-state index is 14.9. The summed E-state index contributed by atoms with van der Waals surface area (Å²) in [7, 11) is 4.17. The van der Waals surface area contributed by atoms with E-state index in [-0.39, 0.29) is 12.5 Å². The van der Waals surface area contributed by atoms with Crippen LogP contribution in [0.4, 0.5) is 4.39 Å². The number of carbonyl (C=O) groups is 2. The van der Waals surface area contributed by atoms with Crippen LogP contribution in [-0.4, -0.2) is 67.2 Å². The van der Waals surface area contributed by atoms with Crippen LogP contribution >= 0.6 is 0 Å². The molecule has 0 saturated carbocycles. The molecule has 0 aromatic heterocycles. The molecule has 2 atom stereocenters. The highest BCUT2D eigenvalue weighted by Gasteiger charge is 2.24. The maximum Gasteiger partial charge on any atom is 0.340 e. The van der Waals surface area contributed by atoms with E-state index in [0.717, 1.165) is 109 Å². The van der Waals surface area contributed by atoms with Crippen LogP contribution in [0.1, 0.15) is 233 Å². The Balaban J connectivity index is 5.09. The quantitative estimate of drug-likeness (QED) is 0.0468. The Morgan fingerprint density at radius 3 is 1.35 bits per heavy atom. The van der Waals surface area contributed by atoms with Gasteiger partial charge in [0, 0.05) is 19.0 Å². The molecule has 0 saturated heterocycles. The number of amides is 1. The molecule has 6 heteroatoms. The Hall–Kier alpha value is -1.17. The van der Waals surface area contributed by atoms with Crippen molar-refractivity contribution in [3.8, 4) is 0 Å². The predicted octanol–water partition coefficient (Wildman–Crippen LogP) is 13.6. The third kappa shape index (κ3) is 30.9. The summed E-state index contributed by atoms with van der Waals surface area (Å²) in [5.74, 6) is -0.304. The summed E-state index contributed by atoms with van der Waals surface area (Å²) >= 11 is 0. The lowest BCUT2D eigenvalue weighted by molar-refractivity contribution is -0.156. The molecule has 0 aliphatic carbocycles. The normalized spacial score (nSPS) is 12.9. The summed E-state index contributed by atoms with van der Waals surface area (Å²) in [5.41, 5.74) is 0. The zero-order valence-electron chi connectivity index (χ0n) is 35.3. The first kappa shape index (κ1) is 49.8. The largest absolute Gasteiger partial charge is 0.460 e. The lowest BCUT2D eigenvalue weighted by Crippen LogP contribution is -2.41. The second kappa shape index (κ2) is 37.2. The second-order valence-corrected chi connectivity index (χ2v) is 16.0. The van der Waals surface area contributed by atoms with Gasteiger partial charge in [0.2, 0.25) is 5.91 Å². The third-order valence-corrected chi connectivity index (χ3v) is 10.7. The molecule has 304 valence electrons. The number of hydrogen-bond donors (Lipinski definition) is 0. The van der Waals surface area contributed by atoms with E-state index in [4.69, 9.17) is 4.74 Å². The fourth-order valence-corrected chi connectivity index (χ4v) is 7.33. The van der Waals surface area contributed by atoms with E-state index in [0.29, 0.717) is 24.8 Å². The highest BCUT2D eigenvalue weighted by atomic mass is 19.1. The number of rotatable bonds is 39. The molecule has 1 amide bonds. The molecule has 51 heavy (non-hydrogen) atoms. The van der Waals surface area contributed by atoms with Crippen LogP contribution in [0, 0.1) is 0 Å². The smallest absolute Gasteiger partial charge is 0.340 e. The van der Waals surface area contributed by atoms with Crippen LogP contribution in [0.25, 0.3) is 0 Å². The van der Waals surface area contributed by atoms with Crippen LogP contribution in [0.3, 0.4) is 0 Å². The lowest BCUT2D eigenvalue weighted by atomic mass is 9.97. The molecule has 0 aliphatic rings. The highest BCUT2D eigenvalue weighted by Crippen LogP contribution is 2.23. The highest BCUT2D eigenvalue weighted by molar-refractivity contribution is 5.76. The monoisotopic (exact) mass is 725 g/mol. The number of unbranched alkanes of at least 4 members (excludes halogenated alkanes) is 20. The van der Waals surface area contributed by atoms with Crippen LogP contribution in [0.15, 0.2) is 0 Å². The molecule has 0 rings (SSSR count). The molecule has 0 bridgehead atoms. The number of carbonyl (C=O) groups excluding carboxylic acids is 2. The van der Waals surface area contributed by atoms with Gasteiger partial charge in [0.25, 0.3) is 0 Å². The standard InChI is InChI=1S/C45H89FN2O3/c1-7-11-15-17-19-21-25-31-40-48(44(49)38-32-39-47(5)6)41(33-28-22-20-18-16-12-8-2)34-29-23-24-30-37-43(46)45(50)51-42(35-26-13-9-3)36-27-14-10-4/h41-43H,7-40H2,1-6H3. The van der Waals surface area contributed by atoms with Gasteiger partial charge < -0.3 is 14.5 Å².